The number of carbonyl (C=O) groups excluding carboxylic acids is 1. The Labute approximate surface area is 154 Å². The van der Waals surface area contributed by atoms with Crippen LogP contribution in [0.15, 0.2) is 50.9 Å². The quantitative estimate of drug-likeness (QED) is 0.609. The van der Waals surface area contributed by atoms with Crippen LogP contribution in [0.4, 0.5) is 0 Å². The summed E-state index contributed by atoms with van der Waals surface area (Å²) in [6.07, 6.45) is 3.43. The van der Waals surface area contributed by atoms with Gasteiger partial charge >= 0.3 is 0 Å². The van der Waals surface area contributed by atoms with Crippen LogP contribution in [-0.2, 0) is 9.53 Å². The maximum atomic E-state index is 12.1. The van der Waals surface area contributed by atoms with Crippen LogP contribution < -0.4 is 5.32 Å². The van der Waals surface area contributed by atoms with Crippen molar-refractivity contribution in [1.82, 2.24) is 5.32 Å². The lowest BCUT2D eigenvalue weighted by atomic mass is 10.2. The van der Waals surface area contributed by atoms with Gasteiger partial charge in [-0.1, -0.05) is 28.1 Å². The Morgan fingerprint density at radius 3 is 2.80 bits per heavy atom. The van der Waals surface area contributed by atoms with E-state index in [1.165, 1.54) is 6.08 Å². The first kappa shape index (κ1) is 17.5. The van der Waals surface area contributed by atoms with Gasteiger partial charge in [-0.3, -0.25) is 4.79 Å². The average molecular weight is 401 g/mol. The van der Waals surface area contributed by atoms with Gasteiger partial charge in [-0.05, 0) is 37.1 Å². The second-order valence-corrected chi connectivity index (χ2v) is 6.64. The van der Waals surface area contributed by atoms with E-state index in [1.54, 1.807) is 6.07 Å². The van der Waals surface area contributed by atoms with Crippen LogP contribution in [0, 0.1) is 11.3 Å². The van der Waals surface area contributed by atoms with Crippen LogP contribution in [0.5, 0.6) is 0 Å². The first-order valence-electron chi connectivity index (χ1n) is 8.03. The van der Waals surface area contributed by atoms with E-state index in [1.807, 2.05) is 36.4 Å². The Bertz CT molecular complexity index is 812. The van der Waals surface area contributed by atoms with E-state index in [-0.39, 0.29) is 11.7 Å². The summed E-state index contributed by atoms with van der Waals surface area (Å²) < 4.78 is 12.2. The molecule has 2 heterocycles. The van der Waals surface area contributed by atoms with Crippen LogP contribution in [0.1, 0.15) is 18.6 Å². The van der Waals surface area contributed by atoms with Crippen molar-refractivity contribution in [3.63, 3.8) is 0 Å². The first-order valence-corrected chi connectivity index (χ1v) is 8.82. The van der Waals surface area contributed by atoms with E-state index < -0.39 is 5.91 Å². The molecule has 1 aliphatic heterocycles. The molecule has 5 nitrogen and oxygen atoms in total. The fourth-order valence-electron chi connectivity index (χ4n) is 2.60. The molecule has 0 unspecified atom stereocenters. The molecule has 1 amide bonds. The topological polar surface area (TPSA) is 75.3 Å². The molecule has 0 aliphatic carbocycles. The highest BCUT2D eigenvalue weighted by Crippen LogP contribution is 2.25. The van der Waals surface area contributed by atoms with Gasteiger partial charge in [-0.15, -0.1) is 0 Å². The Kier molecular flexibility index (Phi) is 5.69. The minimum absolute atomic E-state index is 0.00898. The molecule has 1 N–H and O–H groups in total. The first-order chi connectivity index (χ1) is 12.2. The van der Waals surface area contributed by atoms with E-state index in [0.717, 1.165) is 29.5 Å². The van der Waals surface area contributed by atoms with Crippen molar-refractivity contribution in [2.24, 2.45) is 0 Å². The second kappa shape index (κ2) is 8.15. The Balaban J connectivity index is 1.68. The standard InChI is InChI=1S/C19H17BrN2O3/c20-15-5-3-13(4-6-15)18-8-7-16(25-18)10-14(11-21)19(23)22-12-17-2-1-9-24-17/h3-8,10,17H,1-2,9,12H2,(H,22,23)/b14-10-/t17-/m0/s1. The predicted octanol–water partition coefficient (Wildman–Crippen LogP) is 3.91. The summed E-state index contributed by atoms with van der Waals surface area (Å²) in [6.45, 7) is 1.15. The summed E-state index contributed by atoms with van der Waals surface area (Å²) in [4.78, 5) is 12.1. The zero-order valence-corrected chi connectivity index (χ0v) is 15.1. The van der Waals surface area contributed by atoms with Gasteiger partial charge in [0.25, 0.3) is 5.91 Å². The van der Waals surface area contributed by atoms with Crippen molar-refractivity contribution >= 4 is 27.9 Å². The number of ether oxygens (including phenoxy) is 1. The smallest absolute Gasteiger partial charge is 0.262 e. The highest BCUT2D eigenvalue weighted by atomic mass is 79.9. The van der Waals surface area contributed by atoms with Crippen molar-refractivity contribution in [2.75, 3.05) is 13.2 Å². The molecule has 6 heteroatoms. The zero-order chi connectivity index (χ0) is 17.6. The van der Waals surface area contributed by atoms with Crippen LogP contribution in [0.25, 0.3) is 17.4 Å². The maximum Gasteiger partial charge on any atom is 0.262 e. The van der Waals surface area contributed by atoms with Crippen LogP contribution >= 0.6 is 15.9 Å². The normalized spacial score (nSPS) is 17.3. The molecular weight excluding hydrogens is 384 g/mol. The lowest BCUT2D eigenvalue weighted by Gasteiger charge is -2.09. The van der Waals surface area contributed by atoms with E-state index in [9.17, 15) is 10.1 Å². The highest BCUT2D eigenvalue weighted by Gasteiger charge is 2.18. The fourth-order valence-corrected chi connectivity index (χ4v) is 2.86. The minimum atomic E-state index is -0.417. The lowest BCUT2D eigenvalue weighted by molar-refractivity contribution is -0.117. The number of nitrogens with one attached hydrogen (secondary N) is 1. The van der Waals surface area contributed by atoms with Crippen molar-refractivity contribution < 1.29 is 13.9 Å². The van der Waals surface area contributed by atoms with E-state index >= 15 is 0 Å². The number of benzene rings is 1. The van der Waals surface area contributed by atoms with Gasteiger partial charge in [0, 0.05) is 29.3 Å². The Morgan fingerprint density at radius 1 is 1.32 bits per heavy atom. The number of hydrogen-bond acceptors (Lipinski definition) is 4. The fraction of sp³-hybridized carbons (Fsp3) is 0.263. The molecule has 1 fully saturated rings. The monoisotopic (exact) mass is 400 g/mol. The van der Waals surface area contributed by atoms with E-state index in [2.05, 4.69) is 21.2 Å². The number of carbonyl (C=O) groups is 1. The summed E-state index contributed by atoms with van der Waals surface area (Å²) in [6, 6.07) is 13.2. The third-order valence-electron chi connectivity index (χ3n) is 3.92. The number of hydrogen-bond donors (Lipinski definition) is 1. The van der Waals surface area contributed by atoms with Gasteiger partial charge < -0.3 is 14.5 Å². The molecule has 1 aliphatic rings. The minimum Gasteiger partial charge on any atom is -0.457 e. The van der Waals surface area contributed by atoms with Crippen molar-refractivity contribution in [1.29, 1.82) is 5.26 Å². The average Bonchev–Trinajstić information content (AvgIpc) is 3.30. The third kappa shape index (κ3) is 4.59. The lowest BCUT2D eigenvalue weighted by Crippen LogP contribution is -2.32. The van der Waals surface area contributed by atoms with Crippen molar-refractivity contribution in [3.8, 4) is 17.4 Å². The van der Waals surface area contributed by atoms with Crippen LogP contribution in [0.3, 0.4) is 0 Å². The molecule has 128 valence electrons. The Hall–Kier alpha value is -2.36. The molecule has 1 aromatic heterocycles. The summed E-state index contributed by atoms with van der Waals surface area (Å²) in [5.41, 5.74) is 0.930. The molecule has 1 saturated heterocycles. The number of nitriles is 1. The molecule has 0 spiro atoms. The summed E-state index contributed by atoms with van der Waals surface area (Å²) >= 11 is 3.39. The maximum absolute atomic E-state index is 12.1. The van der Waals surface area contributed by atoms with Crippen LogP contribution in [0.2, 0.25) is 0 Å². The molecule has 25 heavy (non-hydrogen) atoms. The van der Waals surface area contributed by atoms with E-state index in [4.69, 9.17) is 9.15 Å². The van der Waals surface area contributed by atoms with Gasteiger partial charge in [0.15, 0.2) is 0 Å². The highest BCUT2D eigenvalue weighted by molar-refractivity contribution is 9.10. The van der Waals surface area contributed by atoms with Crippen molar-refractivity contribution in [3.05, 3.63) is 52.2 Å². The molecule has 1 atom stereocenters. The number of rotatable bonds is 5. The summed E-state index contributed by atoms with van der Waals surface area (Å²) in [5, 5.41) is 12.0. The SMILES string of the molecule is N#C/C(=C/c1ccc(-c2ccc(Br)cc2)o1)C(=O)NC[C@@H]1CCCO1. The molecule has 3 rings (SSSR count). The van der Waals surface area contributed by atoms with Gasteiger partial charge in [0.2, 0.25) is 0 Å². The molecule has 2 aromatic rings. The number of halogens is 1. The van der Waals surface area contributed by atoms with Crippen molar-refractivity contribution in [2.45, 2.75) is 18.9 Å². The predicted molar refractivity (Wildman–Crippen MR) is 97.4 cm³/mol. The largest absolute Gasteiger partial charge is 0.457 e. The Morgan fingerprint density at radius 2 is 2.12 bits per heavy atom. The molecule has 1 aromatic carbocycles. The molecular formula is C19H17BrN2O3. The molecule has 0 radical (unpaired) electrons. The van der Waals surface area contributed by atoms with Gasteiger partial charge in [0.05, 0.1) is 6.10 Å². The second-order valence-electron chi connectivity index (χ2n) is 5.72. The molecule has 0 saturated carbocycles. The van der Waals surface area contributed by atoms with Gasteiger partial charge in [0.1, 0.15) is 23.2 Å². The third-order valence-corrected chi connectivity index (χ3v) is 4.45. The number of furan rings is 1. The number of amides is 1. The zero-order valence-electron chi connectivity index (χ0n) is 13.5. The van der Waals surface area contributed by atoms with Gasteiger partial charge in [-0.2, -0.15) is 5.26 Å². The summed E-state index contributed by atoms with van der Waals surface area (Å²) in [5.74, 6) is 0.720. The van der Waals surface area contributed by atoms with Crippen LogP contribution in [-0.4, -0.2) is 25.2 Å². The van der Waals surface area contributed by atoms with Gasteiger partial charge in [-0.25, -0.2) is 0 Å². The number of nitrogens with zero attached hydrogens (tertiary/aromatic N) is 1. The van der Waals surface area contributed by atoms with E-state index in [0.29, 0.717) is 18.1 Å². The molecule has 0 bridgehead atoms. The summed E-state index contributed by atoms with van der Waals surface area (Å²) in [7, 11) is 0.